The number of carbonyl (C=O) groups excluding carboxylic acids is 1. The predicted molar refractivity (Wildman–Crippen MR) is 73.4 cm³/mol. The third-order valence-electron chi connectivity index (χ3n) is 4.58. The van der Waals surface area contributed by atoms with Crippen LogP contribution in [-0.4, -0.2) is 28.8 Å². The molecule has 20 heavy (non-hydrogen) atoms. The summed E-state index contributed by atoms with van der Waals surface area (Å²) in [5, 5.41) is 16.8. The monoisotopic (exact) mass is 278 g/mol. The summed E-state index contributed by atoms with van der Waals surface area (Å²) in [6.07, 6.45) is 7.99. The van der Waals surface area contributed by atoms with Crippen LogP contribution in [0.5, 0.6) is 0 Å². The zero-order valence-electron chi connectivity index (χ0n) is 11.7. The topological polar surface area (TPSA) is 75.4 Å². The van der Waals surface area contributed by atoms with E-state index in [0.29, 0.717) is 18.2 Å². The van der Waals surface area contributed by atoms with Crippen molar-refractivity contribution in [3.63, 3.8) is 0 Å². The molecule has 1 heterocycles. The predicted octanol–water partition coefficient (Wildman–Crippen LogP) is 1.83. The number of amides is 1. The first-order valence-electron chi connectivity index (χ1n) is 7.69. The molecule has 110 valence electrons. The Morgan fingerprint density at radius 2 is 2.05 bits per heavy atom. The molecule has 0 spiro atoms. The van der Waals surface area contributed by atoms with E-state index in [0.717, 1.165) is 49.8 Å². The van der Waals surface area contributed by atoms with Crippen molar-refractivity contribution in [2.24, 2.45) is 5.92 Å². The minimum absolute atomic E-state index is 0.214. The summed E-state index contributed by atoms with van der Waals surface area (Å²) < 4.78 is 5.24. The molecule has 0 aliphatic heterocycles. The van der Waals surface area contributed by atoms with E-state index in [-0.39, 0.29) is 5.91 Å². The van der Waals surface area contributed by atoms with Gasteiger partial charge in [-0.1, -0.05) is 18.0 Å². The van der Waals surface area contributed by atoms with Crippen LogP contribution in [0.2, 0.25) is 0 Å². The lowest BCUT2D eigenvalue weighted by molar-refractivity contribution is 0.0832. The highest BCUT2D eigenvalue weighted by Gasteiger charge is 2.26. The molecular weight excluding hydrogens is 256 g/mol. The highest BCUT2D eigenvalue weighted by atomic mass is 16.5. The second kappa shape index (κ2) is 5.95. The minimum Gasteiger partial charge on any atom is -0.391 e. The number of aliphatic hydroxyl groups is 1. The van der Waals surface area contributed by atoms with E-state index in [1.165, 1.54) is 12.8 Å². The molecule has 1 aromatic rings. The Bertz CT molecular complexity index is 477. The largest absolute Gasteiger partial charge is 0.391 e. The summed E-state index contributed by atoms with van der Waals surface area (Å²) >= 11 is 0. The van der Waals surface area contributed by atoms with Crippen LogP contribution in [-0.2, 0) is 12.8 Å². The van der Waals surface area contributed by atoms with Crippen molar-refractivity contribution in [3.05, 3.63) is 17.0 Å². The number of fused-ring (bicyclic) bond motifs is 1. The number of nitrogens with zero attached hydrogens (tertiary/aromatic N) is 1. The average molecular weight is 278 g/mol. The molecule has 5 heteroatoms. The van der Waals surface area contributed by atoms with Crippen LogP contribution in [0.15, 0.2) is 4.52 Å². The molecule has 2 N–H and O–H groups in total. The van der Waals surface area contributed by atoms with Crippen molar-refractivity contribution in [1.29, 1.82) is 0 Å². The van der Waals surface area contributed by atoms with Crippen molar-refractivity contribution in [2.75, 3.05) is 6.54 Å². The Balaban J connectivity index is 1.57. The molecule has 1 atom stereocenters. The van der Waals surface area contributed by atoms with Crippen LogP contribution in [0, 0.1) is 5.92 Å². The van der Waals surface area contributed by atoms with Gasteiger partial charge in [0.05, 0.1) is 6.10 Å². The Hall–Kier alpha value is -1.36. The van der Waals surface area contributed by atoms with Gasteiger partial charge >= 0.3 is 0 Å². The highest BCUT2D eigenvalue weighted by Crippen LogP contribution is 2.27. The SMILES string of the molecule is O=C(NCC(O)C1CCCC1)c1noc2c1CCCC2. The van der Waals surface area contributed by atoms with Crippen molar-refractivity contribution < 1.29 is 14.4 Å². The first-order valence-corrected chi connectivity index (χ1v) is 7.69. The summed E-state index contributed by atoms with van der Waals surface area (Å²) in [5.41, 5.74) is 1.38. The Morgan fingerprint density at radius 3 is 2.85 bits per heavy atom. The normalized spacial score (nSPS) is 20.6. The molecule has 1 amide bonds. The van der Waals surface area contributed by atoms with E-state index < -0.39 is 6.10 Å². The van der Waals surface area contributed by atoms with Crippen LogP contribution in [0.1, 0.15) is 60.3 Å². The van der Waals surface area contributed by atoms with Gasteiger partial charge in [-0.25, -0.2) is 0 Å². The number of nitrogens with one attached hydrogen (secondary N) is 1. The van der Waals surface area contributed by atoms with Crippen LogP contribution < -0.4 is 5.32 Å². The maximum absolute atomic E-state index is 12.2. The fraction of sp³-hybridized carbons (Fsp3) is 0.733. The Morgan fingerprint density at radius 1 is 1.30 bits per heavy atom. The van der Waals surface area contributed by atoms with Gasteiger partial charge in [-0.05, 0) is 38.0 Å². The van der Waals surface area contributed by atoms with Gasteiger partial charge in [0.15, 0.2) is 5.69 Å². The number of hydrogen-bond donors (Lipinski definition) is 2. The van der Waals surface area contributed by atoms with Gasteiger partial charge < -0.3 is 14.9 Å². The lowest BCUT2D eigenvalue weighted by atomic mass is 9.96. The third kappa shape index (κ3) is 2.73. The van der Waals surface area contributed by atoms with E-state index in [1.807, 2.05) is 0 Å². The minimum atomic E-state index is -0.441. The number of aromatic nitrogens is 1. The van der Waals surface area contributed by atoms with Gasteiger partial charge in [-0.3, -0.25) is 4.79 Å². The molecular formula is C15H22N2O3. The summed E-state index contributed by atoms with van der Waals surface area (Å²) in [4.78, 5) is 12.2. The average Bonchev–Trinajstić information content (AvgIpc) is 3.13. The van der Waals surface area contributed by atoms with Gasteiger partial charge in [0.1, 0.15) is 5.76 Å². The van der Waals surface area contributed by atoms with Crippen LogP contribution in [0.3, 0.4) is 0 Å². The highest BCUT2D eigenvalue weighted by molar-refractivity contribution is 5.93. The Kier molecular flexibility index (Phi) is 4.05. The fourth-order valence-electron chi connectivity index (χ4n) is 3.35. The van der Waals surface area contributed by atoms with Crippen molar-refractivity contribution >= 4 is 5.91 Å². The van der Waals surface area contributed by atoms with Gasteiger partial charge in [0, 0.05) is 18.5 Å². The fourth-order valence-corrected chi connectivity index (χ4v) is 3.35. The lowest BCUT2D eigenvalue weighted by Crippen LogP contribution is -2.36. The second-order valence-electron chi connectivity index (χ2n) is 5.96. The van der Waals surface area contributed by atoms with E-state index in [4.69, 9.17) is 4.52 Å². The first-order chi connectivity index (χ1) is 9.75. The lowest BCUT2D eigenvalue weighted by Gasteiger charge is -2.17. The molecule has 2 aliphatic rings. The number of aliphatic hydroxyl groups excluding tert-OH is 1. The maximum Gasteiger partial charge on any atom is 0.273 e. The second-order valence-corrected chi connectivity index (χ2v) is 5.96. The van der Waals surface area contributed by atoms with Crippen LogP contribution >= 0.6 is 0 Å². The van der Waals surface area contributed by atoms with Crippen LogP contribution in [0.25, 0.3) is 0 Å². The molecule has 1 fully saturated rings. The van der Waals surface area contributed by atoms with Crippen molar-refractivity contribution in [1.82, 2.24) is 10.5 Å². The molecule has 0 saturated heterocycles. The number of rotatable bonds is 4. The number of aryl methyl sites for hydroxylation is 1. The zero-order valence-corrected chi connectivity index (χ0v) is 11.7. The number of hydrogen-bond acceptors (Lipinski definition) is 4. The quantitative estimate of drug-likeness (QED) is 0.881. The molecule has 5 nitrogen and oxygen atoms in total. The van der Waals surface area contributed by atoms with Gasteiger partial charge in [0.25, 0.3) is 5.91 Å². The summed E-state index contributed by atoms with van der Waals surface area (Å²) in [5.74, 6) is 0.980. The zero-order chi connectivity index (χ0) is 13.9. The molecule has 1 saturated carbocycles. The summed E-state index contributed by atoms with van der Waals surface area (Å²) in [6.45, 7) is 0.311. The Labute approximate surface area is 118 Å². The van der Waals surface area contributed by atoms with Gasteiger partial charge in [-0.2, -0.15) is 0 Å². The molecule has 0 radical (unpaired) electrons. The number of carbonyl (C=O) groups is 1. The molecule has 0 bridgehead atoms. The van der Waals surface area contributed by atoms with Crippen LogP contribution in [0.4, 0.5) is 0 Å². The molecule has 0 aromatic carbocycles. The van der Waals surface area contributed by atoms with E-state index >= 15 is 0 Å². The maximum atomic E-state index is 12.2. The third-order valence-corrected chi connectivity index (χ3v) is 4.58. The van der Waals surface area contributed by atoms with Gasteiger partial charge in [-0.15, -0.1) is 0 Å². The van der Waals surface area contributed by atoms with Crippen molar-refractivity contribution in [2.45, 2.75) is 57.5 Å². The standard InChI is InChI=1S/C15H22N2O3/c18-12(10-5-1-2-6-10)9-16-15(19)14-11-7-3-4-8-13(11)20-17-14/h10,12,18H,1-9H2,(H,16,19). The first kappa shape index (κ1) is 13.6. The summed E-state index contributed by atoms with van der Waals surface area (Å²) in [7, 11) is 0. The van der Waals surface area contributed by atoms with E-state index in [1.54, 1.807) is 0 Å². The molecule has 2 aliphatic carbocycles. The van der Waals surface area contributed by atoms with E-state index in [2.05, 4.69) is 10.5 Å². The van der Waals surface area contributed by atoms with Crippen molar-refractivity contribution in [3.8, 4) is 0 Å². The smallest absolute Gasteiger partial charge is 0.273 e. The molecule has 3 rings (SSSR count). The molecule has 1 aromatic heterocycles. The van der Waals surface area contributed by atoms with Gasteiger partial charge in [0.2, 0.25) is 0 Å². The summed E-state index contributed by atoms with van der Waals surface area (Å²) in [6, 6.07) is 0. The molecule has 1 unspecified atom stereocenters. The van der Waals surface area contributed by atoms with E-state index in [9.17, 15) is 9.90 Å².